The number of hydrogen-bond donors (Lipinski definition) is 3. The highest BCUT2D eigenvalue weighted by molar-refractivity contribution is 6.10. The Morgan fingerprint density at radius 1 is 1.00 bits per heavy atom. The summed E-state index contributed by atoms with van der Waals surface area (Å²) in [6.45, 7) is 11.8. The molecular formula is C41H46N2O9. The van der Waals surface area contributed by atoms with Crippen LogP contribution in [0.15, 0.2) is 83.5 Å². The van der Waals surface area contributed by atoms with E-state index in [-0.39, 0.29) is 51.1 Å². The molecule has 2 bridgehead atoms. The number of Topliss-reactive ketones (excluding diaryl/α,β-unsaturated/α-hetero) is 1. The van der Waals surface area contributed by atoms with Gasteiger partial charge in [-0.1, -0.05) is 63.3 Å². The lowest BCUT2D eigenvalue weighted by Crippen LogP contribution is -2.66. The molecule has 0 saturated heterocycles. The van der Waals surface area contributed by atoms with Crippen molar-refractivity contribution in [3.05, 3.63) is 94.6 Å². The molecule has 2 aromatic rings. The van der Waals surface area contributed by atoms with Gasteiger partial charge in [0.15, 0.2) is 23.6 Å². The van der Waals surface area contributed by atoms with Gasteiger partial charge in [0.1, 0.15) is 6.61 Å². The van der Waals surface area contributed by atoms with Gasteiger partial charge in [-0.15, -0.1) is 0 Å². The summed E-state index contributed by atoms with van der Waals surface area (Å²) >= 11 is 0. The normalized spacial score (nSPS) is 31.4. The molecule has 0 unspecified atom stereocenters. The van der Waals surface area contributed by atoms with Crippen LogP contribution in [0.4, 0.5) is 11.4 Å². The first-order chi connectivity index (χ1) is 24.5. The number of carbonyl (C=O) groups is 5. The van der Waals surface area contributed by atoms with Gasteiger partial charge in [-0.25, -0.2) is 9.59 Å². The number of hydrogen-bond acceptors (Lipinski definition) is 10. The highest BCUT2D eigenvalue weighted by Gasteiger charge is 2.77. The van der Waals surface area contributed by atoms with Gasteiger partial charge in [0, 0.05) is 29.7 Å². The number of ether oxygens (including phenoxy) is 3. The summed E-state index contributed by atoms with van der Waals surface area (Å²) in [5.41, 5.74) is 3.55. The number of benzene rings is 2. The molecule has 274 valence electrons. The van der Waals surface area contributed by atoms with Crippen molar-refractivity contribution in [2.75, 3.05) is 17.7 Å². The van der Waals surface area contributed by atoms with Gasteiger partial charge >= 0.3 is 17.9 Å². The quantitative estimate of drug-likeness (QED) is 0.103. The van der Waals surface area contributed by atoms with Crippen LogP contribution >= 0.6 is 0 Å². The highest BCUT2D eigenvalue weighted by atomic mass is 16.6. The molecule has 6 rings (SSSR count). The third kappa shape index (κ3) is 5.66. The number of fused-ring (bicyclic) bond motifs is 3. The van der Waals surface area contributed by atoms with E-state index in [4.69, 9.17) is 19.9 Å². The Morgan fingerprint density at radius 3 is 2.31 bits per heavy atom. The minimum Gasteiger partial charge on any atom is -0.457 e. The largest absolute Gasteiger partial charge is 0.457 e. The van der Waals surface area contributed by atoms with Gasteiger partial charge in [0.25, 0.3) is 5.91 Å². The van der Waals surface area contributed by atoms with Gasteiger partial charge in [0.2, 0.25) is 0 Å². The van der Waals surface area contributed by atoms with Gasteiger partial charge in [-0.3, -0.25) is 14.4 Å². The monoisotopic (exact) mass is 710 g/mol. The number of para-hydroxylation sites is 2. The smallest absolute Gasteiger partial charge is 0.340 e. The van der Waals surface area contributed by atoms with Crippen LogP contribution in [0.5, 0.6) is 0 Å². The zero-order valence-electron chi connectivity index (χ0n) is 30.5. The fourth-order valence-corrected chi connectivity index (χ4v) is 9.10. The molecule has 0 aromatic heterocycles. The number of nitrogens with one attached hydrogen (secondary N) is 1. The van der Waals surface area contributed by atoms with Gasteiger partial charge < -0.3 is 30.4 Å². The second kappa shape index (κ2) is 13.2. The lowest BCUT2D eigenvalue weighted by molar-refractivity contribution is -0.210. The SMILES string of the molecule is C/C=C(\C)C(=O)O[C@H]1C(C)=C[C@]23C(=O)[C@@H](C=C(COC(=O)c4ccccc4NC(=O)c4ccccc4N)[C@@H](OC(C)=O)[C@]12O)[C@H]1[C@@H](C[C@H]3C)C1(C)C. The Labute approximate surface area is 303 Å². The molecule has 0 aliphatic heterocycles. The first-order valence-electron chi connectivity index (χ1n) is 17.6. The molecule has 1 amide bonds. The number of aliphatic hydroxyl groups is 1. The molecule has 11 heteroatoms. The van der Waals surface area contributed by atoms with Gasteiger partial charge in [-0.05, 0) is 80.2 Å². The number of nitrogens with two attached hydrogens (primary N) is 1. The van der Waals surface area contributed by atoms with Crippen molar-refractivity contribution in [1.82, 2.24) is 0 Å². The maximum Gasteiger partial charge on any atom is 0.340 e. The van der Waals surface area contributed by atoms with Crippen molar-refractivity contribution in [2.45, 2.75) is 72.7 Å². The standard InChI is InChI=1S/C41H46N2O9/c1-8-21(2)37(47)52-34-22(3)19-40-23(4)17-29-32(39(29,6)7)28(33(40)45)18-25(35(41(34,40)49)51-24(5)44)20-50-38(48)27-14-10-12-16-31(27)43-36(46)26-13-9-11-15-30(26)42/h8-16,18-19,23,28-29,32,34-35,49H,17,20,42H2,1-7H3,(H,43,46)/b21-8+/t23-,28+,29-,32+,34+,35-,40+,41-/m1/s1. The van der Waals surface area contributed by atoms with Crippen LogP contribution < -0.4 is 11.1 Å². The third-order valence-electron chi connectivity index (χ3n) is 11.9. The lowest BCUT2D eigenvalue weighted by Gasteiger charge is -2.49. The predicted octanol–water partition coefficient (Wildman–Crippen LogP) is 5.60. The summed E-state index contributed by atoms with van der Waals surface area (Å²) in [6.07, 6.45) is 2.69. The fraction of sp³-hybridized carbons (Fsp3) is 0.439. The average Bonchev–Trinajstić information content (AvgIpc) is 3.59. The minimum atomic E-state index is -2.28. The fourth-order valence-electron chi connectivity index (χ4n) is 9.10. The summed E-state index contributed by atoms with van der Waals surface area (Å²) in [6, 6.07) is 12.8. The van der Waals surface area contributed by atoms with Crippen LogP contribution in [0.2, 0.25) is 0 Å². The van der Waals surface area contributed by atoms with Crippen LogP contribution in [0.25, 0.3) is 0 Å². The highest BCUT2D eigenvalue weighted by Crippen LogP contribution is 2.72. The molecule has 1 spiro atoms. The van der Waals surface area contributed by atoms with Crippen LogP contribution in [0.3, 0.4) is 0 Å². The van der Waals surface area contributed by atoms with Gasteiger partial charge in [-0.2, -0.15) is 0 Å². The van der Waals surface area contributed by atoms with Crippen LogP contribution in [-0.2, 0) is 28.6 Å². The van der Waals surface area contributed by atoms with E-state index in [0.29, 0.717) is 17.6 Å². The Bertz CT molecular complexity index is 1960. The van der Waals surface area contributed by atoms with E-state index < -0.39 is 65.5 Å². The molecule has 4 aliphatic rings. The molecule has 11 nitrogen and oxygen atoms in total. The maximum atomic E-state index is 15.1. The van der Waals surface area contributed by atoms with Crippen LogP contribution in [0, 0.1) is 34.5 Å². The summed E-state index contributed by atoms with van der Waals surface area (Å²) in [7, 11) is 0. The number of allylic oxidation sites excluding steroid dienone is 2. The lowest BCUT2D eigenvalue weighted by atomic mass is 9.59. The molecule has 2 aromatic carbocycles. The molecule has 8 atom stereocenters. The van der Waals surface area contributed by atoms with Crippen LogP contribution in [-0.4, -0.2) is 59.1 Å². The maximum absolute atomic E-state index is 15.1. The molecule has 4 N–H and O–H groups in total. The Kier molecular flexibility index (Phi) is 9.32. The van der Waals surface area contributed by atoms with Crippen molar-refractivity contribution in [3.8, 4) is 0 Å². The van der Waals surface area contributed by atoms with E-state index in [9.17, 15) is 24.3 Å². The molecule has 52 heavy (non-hydrogen) atoms. The summed E-state index contributed by atoms with van der Waals surface area (Å²) < 4.78 is 17.8. The van der Waals surface area contributed by atoms with Crippen molar-refractivity contribution in [3.63, 3.8) is 0 Å². The Balaban J connectivity index is 1.41. The second-order valence-electron chi connectivity index (χ2n) is 15.2. The van der Waals surface area contributed by atoms with E-state index in [1.54, 1.807) is 81.5 Å². The average molecular weight is 711 g/mol. The number of rotatable bonds is 8. The number of anilines is 2. The Hall–Kier alpha value is -5.03. The van der Waals surface area contributed by atoms with Crippen molar-refractivity contribution in [2.24, 2.45) is 34.5 Å². The zero-order chi connectivity index (χ0) is 37.9. The number of amides is 1. The predicted molar refractivity (Wildman–Crippen MR) is 193 cm³/mol. The first kappa shape index (κ1) is 36.8. The minimum absolute atomic E-state index is 0.0365. The molecule has 0 radical (unpaired) electrons. The van der Waals surface area contributed by atoms with E-state index in [2.05, 4.69) is 19.2 Å². The molecule has 2 saturated carbocycles. The summed E-state index contributed by atoms with van der Waals surface area (Å²) in [5, 5.41) is 16.0. The number of esters is 3. The molecule has 4 aliphatic carbocycles. The number of ketones is 1. The topological polar surface area (TPSA) is 171 Å². The van der Waals surface area contributed by atoms with Crippen molar-refractivity contribution >= 4 is 41.0 Å². The second-order valence-corrected chi connectivity index (χ2v) is 15.2. The molecular weight excluding hydrogens is 664 g/mol. The third-order valence-corrected chi connectivity index (χ3v) is 11.9. The van der Waals surface area contributed by atoms with Crippen molar-refractivity contribution < 1.29 is 43.3 Å². The molecule has 2 fully saturated rings. The van der Waals surface area contributed by atoms with Crippen molar-refractivity contribution in [1.29, 1.82) is 0 Å². The van der Waals surface area contributed by atoms with E-state index >= 15 is 4.79 Å². The zero-order valence-corrected chi connectivity index (χ0v) is 30.5. The van der Waals surface area contributed by atoms with E-state index in [0.717, 1.165) is 0 Å². The van der Waals surface area contributed by atoms with E-state index in [1.165, 1.54) is 13.0 Å². The number of nitrogen functional groups attached to an aromatic ring is 1. The summed E-state index contributed by atoms with van der Waals surface area (Å²) in [5.74, 6) is -4.14. The van der Waals surface area contributed by atoms with Crippen LogP contribution in [0.1, 0.15) is 75.6 Å². The van der Waals surface area contributed by atoms with E-state index in [1.807, 2.05) is 6.92 Å². The van der Waals surface area contributed by atoms with Gasteiger partial charge in [0.05, 0.1) is 22.2 Å². The Morgan fingerprint density at radius 2 is 1.65 bits per heavy atom. The summed E-state index contributed by atoms with van der Waals surface area (Å²) in [4.78, 5) is 68.2. The first-order valence-corrected chi connectivity index (χ1v) is 17.6. The number of carbonyl (C=O) groups excluding carboxylic acids is 5. The molecule has 0 heterocycles.